The Morgan fingerprint density at radius 1 is 1.16 bits per heavy atom. The van der Waals surface area contributed by atoms with Crippen molar-refractivity contribution in [3.05, 3.63) is 64.0 Å². The predicted octanol–water partition coefficient (Wildman–Crippen LogP) is 3.21. The highest BCUT2D eigenvalue weighted by Crippen LogP contribution is 2.30. The van der Waals surface area contributed by atoms with Crippen molar-refractivity contribution < 1.29 is 17.9 Å². The molecule has 9 heteroatoms. The van der Waals surface area contributed by atoms with Crippen LogP contribution >= 0.6 is 11.6 Å². The van der Waals surface area contributed by atoms with Crippen LogP contribution in [0.2, 0.25) is 5.02 Å². The van der Waals surface area contributed by atoms with Crippen LogP contribution in [0.25, 0.3) is 6.08 Å². The maximum atomic E-state index is 12.6. The van der Waals surface area contributed by atoms with Gasteiger partial charge >= 0.3 is 0 Å². The predicted molar refractivity (Wildman–Crippen MR) is 124 cm³/mol. The lowest BCUT2D eigenvalue weighted by Gasteiger charge is -2.32. The molecule has 1 fully saturated rings. The van der Waals surface area contributed by atoms with Gasteiger partial charge in [0.2, 0.25) is 15.9 Å². The summed E-state index contributed by atoms with van der Waals surface area (Å²) >= 11 is 6.10. The number of halogens is 1. The van der Waals surface area contributed by atoms with Gasteiger partial charge < -0.3 is 10.1 Å². The number of nitrogens with zero attached hydrogens (tertiary/aromatic N) is 2. The summed E-state index contributed by atoms with van der Waals surface area (Å²) in [6.45, 7) is 3.63. The Morgan fingerprint density at radius 2 is 1.84 bits per heavy atom. The maximum absolute atomic E-state index is 12.6. The summed E-state index contributed by atoms with van der Waals surface area (Å²) in [5.74, 6) is 0.297. The van der Waals surface area contributed by atoms with E-state index in [1.165, 1.54) is 16.8 Å². The molecule has 1 saturated heterocycles. The van der Waals surface area contributed by atoms with Crippen LogP contribution < -0.4 is 10.1 Å². The van der Waals surface area contributed by atoms with Crippen molar-refractivity contribution >= 4 is 39.3 Å². The van der Waals surface area contributed by atoms with Crippen molar-refractivity contribution in [3.63, 3.8) is 0 Å². The number of hydrogen-bond acceptors (Lipinski definition) is 5. The van der Waals surface area contributed by atoms with Gasteiger partial charge in [0.1, 0.15) is 5.75 Å². The second-order valence-corrected chi connectivity index (χ2v) is 9.51. The zero-order chi connectivity index (χ0) is 22.4. The number of hydrogen-bond donors (Lipinski definition) is 1. The Kier molecular flexibility index (Phi) is 7.72. The number of nitrogens with one attached hydrogen (secondary N) is 1. The summed E-state index contributed by atoms with van der Waals surface area (Å²) in [4.78, 5) is 14.4. The van der Waals surface area contributed by atoms with E-state index in [9.17, 15) is 13.2 Å². The molecule has 1 aliphatic heterocycles. The van der Waals surface area contributed by atoms with Crippen LogP contribution in [0.1, 0.15) is 11.1 Å². The highest BCUT2D eigenvalue weighted by molar-refractivity contribution is 7.92. The highest BCUT2D eigenvalue weighted by atomic mass is 35.5. The molecular formula is C22H26ClN3O4S. The second kappa shape index (κ2) is 10.3. The van der Waals surface area contributed by atoms with Crippen molar-refractivity contribution in [2.75, 3.05) is 45.2 Å². The molecule has 3 rings (SSSR count). The van der Waals surface area contributed by atoms with E-state index in [2.05, 4.69) is 5.32 Å². The zero-order valence-electron chi connectivity index (χ0n) is 17.5. The maximum Gasteiger partial charge on any atom is 0.238 e. The lowest BCUT2D eigenvalue weighted by molar-refractivity contribution is -0.117. The van der Waals surface area contributed by atoms with Crippen LogP contribution in [0.15, 0.2) is 47.9 Å². The Bertz CT molecular complexity index is 1050. The van der Waals surface area contributed by atoms with Crippen LogP contribution in [-0.2, 0) is 14.8 Å². The van der Waals surface area contributed by atoms with Gasteiger partial charge in [-0.15, -0.1) is 0 Å². The summed E-state index contributed by atoms with van der Waals surface area (Å²) in [5, 5.41) is 4.65. The molecule has 0 radical (unpaired) electrons. The molecule has 1 N–H and O–H groups in total. The van der Waals surface area contributed by atoms with Crippen LogP contribution in [-0.4, -0.2) is 63.4 Å². The molecule has 0 bridgehead atoms. The third kappa shape index (κ3) is 6.30. The number of amides is 1. The Hall–Kier alpha value is -2.39. The number of benzene rings is 2. The zero-order valence-corrected chi connectivity index (χ0v) is 19.1. The molecule has 0 spiro atoms. The molecule has 166 valence electrons. The third-order valence-corrected chi connectivity index (χ3v) is 7.02. The van der Waals surface area contributed by atoms with Crippen LogP contribution in [0, 0.1) is 6.92 Å². The molecule has 0 aromatic heterocycles. The van der Waals surface area contributed by atoms with Crippen LogP contribution in [0.4, 0.5) is 5.69 Å². The molecule has 1 aliphatic rings. The first-order valence-electron chi connectivity index (χ1n) is 9.88. The fraction of sp³-hybridized carbons (Fsp3) is 0.318. The number of anilines is 1. The van der Waals surface area contributed by atoms with Gasteiger partial charge in [0.25, 0.3) is 0 Å². The van der Waals surface area contributed by atoms with Crippen molar-refractivity contribution in [2.45, 2.75) is 6.92 Å². The first-order valence-corrected chi connectivity index (χ1v) is 11.8. The molecule has 0 aliphatic carbocycles. The lowest BCUT2D eigenvalue weighted by atomic mass is 10.2. The van der Waals surface area contributed by atoms with Gasteiger partial charge in [-0.2, -0.15) is 4.31 Å². The van der Waals surface area contributed by atoms with E-state index < -0.39 is 10.0 Å². The van der Waals surface area contributed by atoms with Crippen molar-refractivity contribution in [2.24, 2.45) is 0 Å². The largest absolute Gasteiger partial charge is 0.495 e. The SMILES string of the molecule is COc1cc(Cl)c(C)cc1NC(=O)CN1CCN(S(=O)(=O)/C=C\c2ccccc2)CC1. The van der Waals surface area contributed by atoms with Gasteiger partial charge in [-0.3, -0.25) is 9.69 Å². The van der Waals surface area contributed by atoms with Crippen molar-refractivity contribution in [3.8, 4) is 5.75 Å². The number of carbonyl (C=O) groups excluding carboxylic acids is 1. The van der Waals surface area contributed by atoms with E-state index in [1.807, 2.05) is 42.2 Å². The highest BCUT2D eigenvalue weighted by Gasteiger charge is 2.26. The first-order chi connectivity index (χ1) is 14.8. The molecule has 0 atom stereocenters. The Morgan fingerprint density at radius 3 is 2.48 bits per heavy atom. The van der Waals surface area contributed by atoms with Gasteiger partial charge in [-0.1, -0.05) is 41.9 Å². The number of carbonyl (C=O) groups is 1. The number of sulfonamides is 1. The van der Waals surface area contributed by atoms with Crippen molar-refractivity contribution in [1.82, 2.24) is 9.21 Å². The number of ether oxygens (including phenoxy) is 1. The average Bonchev–Trinajstić information content (AvgIpc) is 2.76. The number of methoxy groups -OCH3 is 1. The van der Waals surface area contributed by atoms with Gasteiger partial charge in [0.15, 0.2) is 0 Å². The van der Waals surface area contributed by atoms with Gasteiger partial charge in [0.05, 0.1) is 19.3 Å². The van der Waals surface area contributed by atoms with E-state index in [0.29, 0.717) is 42.6 Å². The summed E-state index contributed by atoms with van der Waals surface area (Å²) in [6, 6.07) is 12.7. The van der Waals surface area contributed by atoms with E-state index in [1.54, 1.807) is 18.2 Å². The molecule has 2 aromatic carbocycles. The van der Waals surface area contributed by atoms with E-state index in [4.69, 9.17) is 16.3 Å². The average molecular weight is 464 g/mol. The summed E-state index contributed by atoms with van der Waals surface area (Å²) < 4.78 is 31.9. The fourth-order valence-corrected chi connectivity index (χ4v) is 4.61. The first kappa shape index (κ1) is 23.3. The summed E-state index contributed by atoms with van der Waals surface area (Å²) in [7, 11) is -1.99. The molecule has 0 saturated carbocycles. The minimum atomic E-state index is -3.50. The quantitative estimate of drug-likeness (QED) is 0.682. The lowest BCUT2D eigenvalue weighted by Crippen LogP contribution is -2.49. The molecule has 2 aromatic rings. The molecule has 7 nitrogen and oxygen atoms in total. The number of aryl methyl sites for hydroxylation is 1. The minimum absolute atomic E-state index is 0.165. The normalized spacial score (nSPS) is 15.8. The van der Waals surface area contributed by atoms with Gasteiger partial charge in [-0.05, 0) is 30.2 Å². The van der Waals surface area contributed by atoms with E-state index in [-0.39, 0.29) is 12.5 Å². The van der Waals surface area contributed by atoms with Crippen LogP contribution in [0.5, 0.6) is 5.75 Å². The monoisotopic (exact) mass is 463 g/mol. The van der Waals surface area contributed by atoms with Crippen molar-refractivity contribution in [1.29, 1.82) is 0 Å². The molecular weight excluding hydrogens is 438 g/mol. The molecule has 0 unspecified atom stereocenters. The standard InChI is InChI=1S/C22H26ClN3O4S/c1-17-14-20(21(30-2)15-19(17)23)24-22(27)16-25-9-11-26(12-10-25)31(28,29)13-8-18-6-4-3-5-7-18/h3-8,13-15H,9-12,16H2,1-2H3,(H,24,27)/b13-8-. The van der Waals surface area contributed by atoms with Gasteiger partial charge in [-0.25, -0.2) is 8.42 Å². The Balaban J connectivity index is 1.53. The second-order valence-electron chi connectivity index (χ2n) is 7.28. The molecule has 1 heterocycles. The minimum Gasteiger partial charge on any atom is -0.495 e. The number of rotatable bonds is 7. The van der Waals surface area contributed by atoms with E-state index in [0.717, 1.165) is 11.1 Å². The van der Waals surface area contributed by atoms with Gasteiger partial charge in [0, 0.05) is 42.7 Å². The number of piperazine rings is 1. The summed E-state index contributed by atoms with van der Waals surface area (Å²) in [5.41, 5.74) is 2.22. The van der Waals surface area contributed by atoms with Crippen LogP contribution in [0.3, 0.4) is 0 Å². The smallest absolute Gasteiger partial charge is 0.238 e. The van der Waals surface area contributed by atoms with E-state index >= 15 is 0 Å². The topological polar surface area (TPSA) is 79.0 Å². The fourth-order valence-electron chi connectivity index (χ4n) is 3.28. The summed E-state index contributed by atoms with van der Waals surface area (Å²) in [6.07, 6.45) is 1.59. The molecule has 1 amide bonds. The Labute approximate surface area is 188 Å². The molecule has 31 heavy (non-hydrogen) atoms. The third-order valence-electron chi connectivity index (χ3n) is 5.05.